The van der Waals surface area contributed by atoms with E-state index >= 15 is 0 Å². The first-order valence-corrected chi connectivity index (χ1v) is 30.5. The molecule has 77 heavy (non-hydrogen) atoms. The van der Waals surface area contributed by atoms with E-state index in [1.807, 2.05) is 27.7 Å². The molecule has 0 fully saturated rings. The number of sulfonamides is 4. The van der Waals surface area contributed by atoms with Crippen LogP contribution in [0.15, 0.2) is 178 Å². The number of anilines is 4. The van der Waals surface area contributed by atoms with Crippen LogP contribution in [0.4, 0.5) is 23.0 Å². The van der Waals surface area contributed by atoms with Gasteiger partial charge in [0.25, 0.3) is 40.1 Å². The number of hydrogen-bond donors (Lipinski definition) is 3. The Morgan fingerprint density at radius 2 is 0.818 bits per heavy atom. The van der Waals surface area contributed by atoms with Gasteiger partial charge in [-0.3, -0.25) is 28.1 Å². The molecule has 0 radical (unpaired) electrons. The van der Waals surface area contributed by atoms with E-state index in [1.54, 1.807) is 111 Å². The molecule has 3 N–H and O–H groups in total. The number of hydrogen-bond acceptors (Lipinski definition) is 14. The number of rotatable bonds is 17. The second-order valence-electron chi connectivity index (χ2n) is 16.9. The van der Waals surface area contributed by atoms with E-state index in [0.717, 1.165) is 26.6 Å². The van der Waals surface area contributed by atoms with Gasteiger partial charge in [-0.05, 0) is 90.1 Å². The van der Waals surface area contributed by atoms with E-state index in [9.17, 15) is 43.3 Å². The zero-order chi connectivity index (χ0) is 56.1. The number of ether oxygens (including phenoxy) is 2. The first-order valence-electron chi connectivity index (χ1n) is 23.5. The topological polar surface area (TPSA) is 254 Å². The van der Waals surface area contributed by atoms with Crippen molar-refractivity contribution >= 4 is 113 Å². The van der Waals surface area contributed by atoms with E-state index in [2.05, 4.69) is 44.8 Å². The fraction of sp³-hybridized carbons (Fsp3) is 0.185. The predicted molar refractivity (Wildman–Crippen MR) is 302 cm³/mol. The van der Waals surface area contributed by atoms with Gasteiger partial charge in [-0.1, -0.05) is 135 Å². The SMILES string of the molecule is CCOC(=O)CBr.CCOC(=O)CN(c1cnc(NS(=O)(=O)c2ccc(C)cc2)c2ccccc12)S(=O)(=O)c1ccc(C)cc1.Cc1ccc(S(=O)(=O)Nc2cnc(NS(=O)(=O)c3ccc(C)cc3)c3ccccc23)cc1. The maximum atomic E-state index is 13.7. The van der Waals surface area contributed by atoms with Crippen molar-refractivity contribution in [2.24, 2.45) is 0 Å². The highest BCUT2D eigenvalue weighted by Crippen LogP contribution is 2.35. The lowest BCUT2D eigenvalue weighted by Crippen LogP contribution is -2.37. The second-order valence-corrected chi connectivity index (χ2v) is 24.4. The average molecular weight is 1190 g/mol. The van der Waals surface area contributed by atoms with Crippen LogP contribution in [-0.4, -0.2) is 80.7 Å². The number of nitrogens with one attached hydrogen (secondary N) is 3. The molecule has 0 aliphatic rings. The number of benzene rings is 6. The van der Waals surface area contributed by atoms with Gasteiger partial charge in [0.1, 0.15) is 23.5 Å². The number of halogens is 1. The maximum Gasteiger partial charge on any atom is 0.326 e. The molecule has 0 saturated carbocycles. The maximum absolute atomic E-state index is 13.7. The molecule has 8 aromatic rings. The minimum absolute atomic E-state index is 0.0133. The number of carbonyl (C=O) groups excluding carboxylic acids is 2. The van der Waals surface area contributed by atoms with Crippen LogP contribution in [-0.2, 0) is 59.2 Å². The number of nitrogens with zero attached hydrogens (tertiary/aromatic N) is 3. The van der Waals surface area contributed by atoms with Crippen molar-refractivity contribution in [1.29, 1.82) is 0 Å². The summed E-state index contributed by atoms with van der Waals surface area (Å²) in [6.45, 7) is 10.8. The monoisotopic (exact) mass is 1190 g/mol. The van der Waals surface area contributed by atoms with E-state index in [4.69, 9.17) is 4.74 Å². The van der Waals surface area contributed by atoms with Gasteiger partial charge in [-0.25, -0.2) is 43.6 Å². The second kappa shape index (κ2) is 25.6. The number of aromatic nitrogens is 2. The van der Waals surface area contributed by atoms with Crippen molar-refractivity contribution < 1.29 is 52.7 Å². The minimum Gasteiger partial charge on any atom is -0.465 e. The fourth-order valence-corrected chi connectivity index (χ4v) is 11.9. The number of pyridine rings is 2. The smallest absolute Gasteiger partial charge is 0.326 e. The van der Waals surface area contributed by atoms with Gasteiger partial charge in [0.15, 0.2) is 0 Å². The lowest BCUT2D eigenvalue weighted by atomic mass is 10.1. The molecular formula is C54H55BrN6O12S4. The lowest BCUT2D eigenvalue weighted by Gasteiger charge is -2.25. The Kier molecular flexibility index (Phi) is 19.6. The van der Waals surface area contributed by atoms with Crippen LogP contribution < -0.4 is 18.5 Å². The molecule has 0 spiro atoms. The molecule has 0 unspecified atom stereocenters. The third kappa shape index (κ3) is 15.2. The van der Waals surface area contributed by atoms with Crippen molar-refractivity contribution in [2.75, 3.05) is 43.6 Å². The molecule has 18 nitrogen and oxygen atoms in total. The van der Waals surface area contributed by atoms with Gasteiger partial charge in [-0.2, -0.15) is 0 Å². The van der Waals surface area contributed by atoms with E-state index in [1.165, 1.54) is 60.9 Å². The zero-order valence-corrected chi connectivity index (χ0v) is 47.4. The van der Waals surface area contributed by atoms with Crippen molar-refractivity contribution in [2.45, 2.75) is 61.1 Å². The molecule has 0 aliphatic heterocycles. The van der Waals surface area contributed by atoms with Crippen LogP contribution in [0, 0.1) is 27.7 Å². The molecule has 0 atom stereocenters. The molecule has 6 aromatic carbocycles. The summed E-state index contributed by atoms with van der Waals surface area (Å²) in [5.74, 6) is -0.813. The predicted octanol–water partition coefficient (Wildman–Crippen LogP) is 9.81. The number of fused-ring (bicyclic) bond motifs is 2. The van der Waals surface area contributed by atoms with Crippen molar-refractivity contribution in [3.8, 4) is 0 Å². The van der Waals surface area contributed by atoms with E-state index in [0.29, 0.717) is 33.5 Å². The first kappa shape index (κ1) is 58.8. The molecule has 404 valence electrons. The molecule has 0 aliphatic carbocycles. The molecule has 8 rings (SSSR count). The highest BCUT2D eigenvalue weighted by Gasteiger charge is 2.30. The van der Waals surface area contributed by atoms with Crippen LogP contribution in [0.3, 0.4) is 0 Å². The van der Waals surface area contributed by atoms with Crippen LogP contribution in [0.5, 0.6) is 0 Å². The molecule has 2 heterocycles. The number of esters is 2. The Hall–Kier alpha value is -7.44. The van der Waals surface area contributed by atoms with E-state index < -0.39 is 52.6 Å². The number of carbonyl (C=O) groups is 2. The third-order valence-electron chi connectivity index (χ3n) is 11.1. The summed E-state index contributed by atoms with van der Waals surface area (Å²) in [5, 5.41) is 2.01. The summed E-state index contributed by atoms with van der Waals surface area (Å²) in [7, 11) is -15.9. The summed E-state index contributed by atoms with van der Waals surface area (Å²) < 4.78 is 123. The normalized spacial score (nSPS) is 11.5. The summed E-state index contributed by atoms with van der Waals surface area (Å²) >= 11 is 2.94. The average Bonchev–Trinajstić information content (AvgIpc) is 3.41. The van der Waals surface area contributed by atoms with E-state index in [-0.39, 0.29) is 55.2 Å². The van der Waals surface area contributed by atoms with Gasteiger partial charge in [-0.15, -0.1) is 0 Å². The van der Waals surface area contributed by atoms with Gasteiger partial charge >= 0.3 is 11.9 Å². The van der Waals surface area contributed by atoms with Crippen LogP contribution in [0.2, 0.25) is 0 Å². The van der Waals surface area contributed by atoms with Gasteiger partial charge in [0, 0.05) is 21.5 Å². The summed E-state index contributed by atoms with van der Waals surface area (Å²) in [6.07, 6.45) is 2.54. The molecule has 2 aromatic heterocycles. The largest absolute Gasteiger partial charge is 0.465 e. The number of aryl methyl sites for hydroxylation is 4. The molecule has 23 heteroatoms. The fourth-order valence-electron chi connectivity index (χ4n) is 7.20. The van der Waals surface area contributed by atoms with Crippen LogP contribution in [0.25, 0.3) is 21.5 Å². The van der Waals surface area contributed by atoms with Crippen LogP contribution in [0.1, 0.15) is 36.1 Å². The van der Waals surface area contributed by atoms with Crippen molar-refractivity contribution in [1.82, 2.24) is 9.97 Å². The Bertz CT molecular complexity index is 3740. The Morgan fingerprint density at radius 3 is 1.22 bits per heavy atom. The molecule has 0 amide bonds. The summed E-state index contributed by atoms with van der Waals surface area (Å²) in [4.78, 5) is 31.4. The minimum atomic E-state index is -4.22. The van der Waals surface area contributed by atoms with Crippen molar-refractivity contribution in [3.63, 3.8) is 0 Å². The number of alkyl halides is 1. The van der Waals surface area contributed by atoms with Gasteiger partial charge in [0.2, 0.25) is 0 Å². The molecule has 0 saturated heterocycles. The zero-order valence-electron chi connectivity index (χ0n) is 42.6. The molecular weight excluding hydrogens is 1130 g/mol. The Labute approximate surface area is 457 Å². The van der Waals surface area contributed by atoms with Crippen LogP contribution >= 0.6 is 15.9 Å². The highest BCUT2D eigenvalue weighted by molar-refractivity contribution is 9.09. The van der Waals surface area contributed by atoms with Gasteiger partial charge in [0.05, 0.1) is 56.6 Å². The van der Waals surface area contributed by atoms with Crippen molar-refractivity contribution in [3.05, 3.63) is 180 Å². The first-order chi connectivity index (χ1) is 36.5. The van der Waals surface area contributed by atoms with Gasteiger partial charge < -0.3 is 9.47 Å². The Balaban J connectivity index is 0.000000224. The summed E-state index contributed by atoms with van der Waals surface area (Å²) in [6, 6.07) is 39.0. The standard InChI is InChI=1S/C27H27N3O6S2.C23H21N3O4S2.C4H7BrO2/c1-4-36-26(31)18-30(38(34,35)22-15-11-20(3)12-16-22)25-17-28-27(24-8-6-5-7-23(24)25)29-37(32,33)21-13-9-19(2)10-14-21;1-16-7-11-18(12-8-16)31(27,28)25-22-15-24-23(21-6-4-3-5-20(21)22)26-32(29,30)19-13-9-17(2)10-14-19;1-2-7-4(6)3-5/h5-17H,4,18H2,1-3H3,(H,28,29);3-15,25H,1-2H3,(H,24,26);2-3H2,1H3. The summed E-state index contributed by atoms with van der Waals surface area (Å²) in [5.41, 5.74) is 4.03. The molecule has 0 bridgehead atoms. The third-order valence-corrected chi connectivity index (χ3v) is 17.5. The Morgan fingerprint density at radius 1 is 0.468 bits per heavy atom. The lowest BCUT2D eigenvalue weighted by molar-refractivity contribution is -0.141. The quantitative estimate of drug-likeness (QED) is 0.0567. The highest BCUT2D eigenvalue weighted by atomic mass is 79.9.